The summed E-state index contributed by atoms with van der Waals surface area (Å²) in [6.45, 7) is 3.85. The molecular weight excluding hydrogens is 232 g/mol. The van der Waals surface area contributed by atoms with Gasteiger partial charge in [-0.15, -0.1) is 12.3 Å². The van der Waals surface area contributed by atoms with Gasteiger partial charge in [0.15, 0.2) is 5.92 Å². The summed E-state index contributed by atoms with van der Waals surface area (Å²) in [6, 6.07) is 0. The molecule has 4 nitrogen and oxygen atoms in total. The molecule has 98 valence electrons. The highest BCUT2D eigenvalue weighted by atomic mass is 16.6. The van der Waals surface area contributed by atoms with E-state index in [2.05, 4.69) is 5.92 Å². The molecule has 0 spiro atoms. The lowest BCUT2D eigenvalue weighted by Crippen LogP contribution is -2.28. The van der Waals surface area contributed by atoms with E-state index in [0.29, 0.717) is 0 Å². The fraction of sp³-hybridized carbons (Fsp3) is 0.429. The van der Waals surface area contributed by atoms with Crippen molar-refractivity contribution in [1.82, 2.24) is 0 Å². The molecule has 0 aromatic heterocycles. The monoisotopic (exact) mass is 250 g/mol. The summed E-state index contributed by atoms with van der Waals surface area (Å²) < 4.78 is 9.77. The minimum atomic E-state index is -1.05. The maximum absolute atomic E-state index is 11.6. The molecule has 0 rings (SSSR count). The molecule has 0 saturated heterocycles. The fourth-order valence-corrected chi connectivity index (χ4v) is 1.03. The molecule has 0 radical (unpaired) electrons. The molecule has 0 saturated carbocycles. The topological polar surface area (TPSA) is 52.6 Å². The van der Waals surface area contributed by atoms with Crippen LogP contribution in [0.4, 0.5) is 0 Å². The zero-order valence-electron chi connectivity index (χ0n) is 10.7. The number of terminal acetylenes is 1. The van der Waals surface area contributed by atoms with Gasteiger partial charge in [-0.2, -0.15) is 0 Å². The fourth-order valence-electron chi connectivity index (χ4n) is 1.03. The molecule has 18 heavy (non-hydrogen) atoms. The predicted octanol–water partition coefficient (Wildman–Crippen LogP) is 1.86. The largest absolute Gasteiger partial charge is 0.461 e. The van der Waals surface area contributed by atoms with Crippen molar-refractivity contribution >= 4 is 11.9 Å². The normalized spacial score (nSPS) is 10.8. The Morgan fingerprint density at radius 3 is 1.89 bits per heavy atom. The first kappa shape index (κ1) is 16.0. The van der Waals surface area contributed by atoms with E-state index in [4.69, 9.17) is 15.9 Å². The summed E-state index contributed by atoms with van der Waals surface area (Å²) in [6.07, 6.45) is 11.9. The van der Waals surface area contributed by atoms with Gasteiger partial charge in [0.05, 0.1) is 0 Å². The molecule has 0 N–H and O–H groups in total. The van der Waals surface area contributed by atoms with Crippen molar-refractivity contribution in [2.24, 2.45) is 5.92 Å². The number of allylic oxidation sites excluding steroid dienone is 2. The first-order chi connectivity index (χ1) is 8.67. The number of hydrogen-bond donors (Lipinski definition) is 0. The average Bonchev–Trinajstić information content (AvgIpc) is 2.36. The number of esters is 2. The van der Waals surface area contributed by atoms with E-state index in [0.717, 1.165) is 0 Å². The molecule has 4 heteroatoms. The Morgan fingerprint density at radius 1 is 1.11 bits per heavy atom. The number of ether oxygens (including phenoxy) is 2. The third-order valence-electron chi connectivity index (χ3n) is 2.01. The van der Waals surface area contributed by atoms with Crippen molar-refractivity contribution in [3.05, 3.63) is 24.3 Å². The van der Waals surface area contributed by atoms with Crippen LogP contribution in [0.5, 0.6) is 0 Å². The second-order valence-corrected chi connectivity index (χ2v) is 3.36. The molecule has 0 heterocycles. The summed E-state index contributed by atoms with van der Waals surface area (Å²) in [5.74, 6) is -0.0897. The van der Waals surface area contributed by atoms with E-state index in [1.54, 1.807) is 38.2 Å². The van der Waals surface area contributed by atoms with Crippen LogP contribution in [-0.4, -0.2) is 25.2 Å². The van der Waals surface area contributed by atoms with E-state index >= 15 is 0 Å². The lowest BCUT2D eigenvalue weighted by molar-refractivity contribution is -0.160. The van der Waals surface area contributed by atoms with Crippen molar-refractivity contribution in [3.8, 4) is 12.3 Å². The second kappa shape index (κ2) is 10.2. The van der Waals surface area contributed by atoms with Crippen LogP contribution in [0.25, 0.3) is 0 Å². The van der Waals surface area contributed by atoms with Crippen molar-refractivity contribution in [2.75, 3.05) is 13.2 Å². The van der Waals surface area contributed by atoms with Gasteiger partial charge in [-0.3, -0.25) is 9.59 Å². The summed E-state index contributed by atoms with van der Waals surface area (Å²) in [5, 5.41) is 0. The van der Waals surface area contributed by atoms with Gasteiger partial charge in [0.1, 0.15) is 13.2 Å². The van der Waals surface area contributed by atoms with Gasteiger partial charge in [0.2, 0.25) is 0 Å². The first-order valence-corrected chi connectivity index (χ1v) is 5.66. The van der Waals surface area contributed by atoms with Gasteiger partial charge < -0.3 is 9.47 Å². The predicted molar refractivity (Wildman–Crippen MR) is 68.5 cm³/mol. The molecule has 0 bridgehead atoms. The van der Waals surface area contributed by atoms with Gasteiger partial charge in [0, 0.05) is 6.42 Å². The van der Waals surface area contributed by atoms with Crippen LogP contribution in [0.15, 0.2) is 24.3 Å². The van der Waals surface area contributed by atoms with Crippen molar-refractivity contribution in [1.29, 1.82) is 0 Å². The quantitative estimate of drug-likeness (QED) is 0.299. The Hall–Kier alpha value is -2.02. The Morgan fingerprint density at radius 2 is 1.56 bits per heavy atom. The van der Waals surface area contributed by atoms with Crippen LogP contribution in [0.3, 0.4) is 0 Å². The average molecular weight is 250 g/mol. The standard InChI is InChI=1S/C14H18O4/c1-4-7-10-17-13(15)12(9-6-3)14(16)18-11-8-5-2/h3-5,7-8,12H,9-11H2,1-2H3/b7-4+,8-5+. The molecule has 0 amide bonds. The van der Waals surface area contributed by atoms with E-state index in [-0.39, 0.29) is 19.6 Å². The molecular formula is C14H18O4. The highest BCUT2D eigenvalue weighted by Crippen LogP contribution is 2.08. The van der Waals surface area contributed by atoms with Crippen molar-refractivity contribution in [3.63, 3.8) is 0 Å². The van der Waals surface area contributed by atoms with Crippen LogP contribution in [0.1, 0.15) is 20.3 Å². The number of hydrogen-bond acceptors (Lipinski definition) is 4. The minimum Gasteiger partial charge on any atom is -0.461 e. The Kier molecular flexibility index (Phi) is 9.01. The summed E-state index contributed by atoms with van der Waals surface area (Å²) in [7, 11) is 0. The van der Waals surface area contributed by atoms with Gasteiger partial charge in [-0.1, -0.05) is 24.3 Å². The van der Waals surface area contributed by atoms with Crippen LogP contribution in [0, 0.1) is 18.3 Å². The molecule has 0 unspecified atom stereocenters. The maximum atomic E-state index is 11.6. The summed E-state index contributed by atoms with van der Waals surface area (Å²) in [4.78, 5) is 23.2. The van der Waals surface area contributed by atoms with Gasteiger partial charge in [-0.25, -0.2) is 0 Å². The Balaban J connectivity index is 4.39. The van der Waals surface area contributed by atoms with Crippen LogP contribution >= 0.6 is 0 Å². The van der Waals surface area contributed by atoms with E-state index in [9.17, 15) is 9.59 Å². The first-order valence-electron chi connectivity index (χ1n) is 5.66. The lowest BCUT2D eigenvalue weighted by atomic mass is 10.1. The molecule has 0 aromatic rings. The summed E-state index contributed by atoms with van der Waals surface area (Å²) >= 11 is 0. The molecule has 0 aliphatic heterocycles. The Labute approximate surface area is 108 Å². The number of rotatable bonds is 7. The highest BCUT2D eigenvalue weighted by Gasteiger charge is 2.28. The number of carbonyl (C=O) groups is 2. The molecule has 0 aromatic carbocycles. The zero-order valence-corrected chi connectivity index (χ0v) is 10.7. The van der Waals surface area contributed by atoms with Crippen LogP contribution in [-0.2, 0) is 19.1 Å². The van der Waals surface area contributed by atoms with E-state index in [1.807, 2.05) is 0 Å². The van der Waals surface area contributed by atoms with E-state index in [1.165, 1.54) is 0 Å². The summed E-state index contributed by atoms with van der Waals surface area (Å²) in [5.41, 5.74) is 0. The Bertz CT molecular complexity index is 332. The van der Waals surface area contributed by atoms with Gasteiger partial charge >= 0.3 is 11.9 Å². The smallest absolute Gasteiger partial charge is 0.321 e. The molecule has 0 atom stereocenters. The third kappa shape index (κ3) is 6.54. The highest BCUT2D eigenvalue weighted by molar-refractivity contribution is 5.95. The van der Waals surface area contributed by atoms with Crippen molar-refractivity contribution < 1.29 is 19.1 Å². The second-order valence-electron chi connectivity index (χ2n) is 3.36. The van der Waals surface area contributed by atoms with Crippen molar-refractivity contribution in [2.45, 2.75) is 20.3 Å². The van der Waals surface area contributed by atoms with E-state index < -0.39 is 17.9 Å². The zero-order chi connectivity index (χ0) is 13.8. The van der Waals surface area contributed by atoms with Gasteiger partial charge in [-0.05, 0) is 13.8 Å². The van der Waals surface area contributed by atoms with Gasteiger partial charge in [0.25, 0.3) is 0 Å². The molecule has 0 aliphatic carbocycles. The SMILES string of the molecule is C#CCC(C(=O)OC/C=C/C)C(=O)OC/C=C/C. The lowest BCUT2D eigenvalue weighted by Gasteiger charge is -2.11. The van der Waals surface area contributed by atoms with Crippen LogP contribution in [0.2, 0.25) is 0 Å². The maximum Gasteiger partial charge on any atom is 0.321 e. The minimum absolute atomic E-state index is 0.0245. The van der Waals surface area contributed by atoms with Crippen LogP contribution < -0.4 is 0 Å². The molecule has 0 fully saturated rings. The molecule has 0 aliphatic rings. The third-order valence-corrected chi connectivity index (χ3v) is 2.01. The number of carbonyl (C=O) groups excluding carboxylic acids is 2.